The van der Waals surface area contributed by atoms with E-state index in [4.69, 9.17) is 0 Å². The summed E-state index contributed by atoms with van der Waals surface area (Å²) in [5.41, 5.74) is 1.13. The van der Waals surface area contributed by atoms with Gasteiger partial charge in [0.25, 0.3) is 0 Å². The summed E-state index contributed by atoms with van der Waals surface area (Å²) in [7, 11) is -2.84. The molecule has 2 heterocycles. The van der Waals surface area contributed by atoms with E-state index in [1.807, 2.05) is 0 Å². The van der Waals surface area contributed by atoms with Crippen molar-refractivity contribution in [2.24, 2.45) is 11.3 Å². The molecule has 2 saturated heterocycles. The molecule has 2 aliphatic heterocycles. The first-order valence-corrected chi connectivity index (χ1v) is 8.47. The number of benzene rings is 1. The molecule has 104 valence electrons. The predicted octanol–water partition coefficient (Wildman–Crippen LogP) is 1.39. The molecule has 0 saturated carbocycles. The average Bonchev–Trinajstić information content (AvgIpc) is 2.67. The van der Waals surface area contributed by atoms with E-state index in [0.717, 1.165) is 31.5 Å². The van der Waals surface area contributed by atoms with E-state index in [1.165, 1.54) is 12.1 Å². The molecule has 0 radical (unpaired) electrons. The number of rotatable bonds is 3. The van der Waals surface area contributed by atoms with Gasteiger partial charge in [-0.3, -0.25) is 0 Å². The lowest BCUT2D eigenvalue weighted by Gasteiger charge is -2.47. The Morgan fingerprint density at radius 1 is 1.26 bits per heavy atom. The molecular weight excluding hydrogens is 265 g/mol. The molecule has 0 amide bonds. The van der Waals surface area contributed by atoms with Crippen molar-refractivity contribution >= 4 is 9.84 Å². The first kappa shape index (κ1) is 13.1. The van der Waals surface area contributed by atoms with E-state index in [0.29, 0.717) is 11.5 Å². The highest BCUT2D eigenvalue weighted by Gasteiger charge is 2.48. The quantitative estimate of drug-likeness (QED) is 0.912. The van der Waals surface area contributed by atoms with Crippen molar-refractivity contribution in [1.29, 1.82) is 0 Å². The third-order valence-electron chi connectivity index (χ3n) is 4.52. The maximum atomic E-state index is 12.9. The Morgan fingerprint density at radius 3 is 2.42 bits per heavy atom. The van der Waals surface area contributed by atoms with Gasteiger partial charge in [-0.25, -0.2) is 12.8 Å². The number of hydrogen-bond donors (Lipinski definition) is 1. The average molecular weight is 283 g/mol. The molecule has 1 aromatic carbocycles. The molecule has 3 nitrogen and oxygen atoms in total. The van der Waals surface area contributed by atoms with Crippen LogP contribution in [0.2, 0.25) is 0 Å². The molecule has 5 heteroatoms. The molecule has 1 aromatic rings. The van der Waals surface area contributed by atoms with Crippen LogP contribution >= 0.6 is 0 Å². The minimum atomic E-state index is -2.84. The fraction of sp³-hybridized carbons (Fsp3) is 0.571. The topological polar surface area (TPSA) is 46.2 Å². The van der Waals surface area contributed by atoms with Crippen LogP contribution in [0.5, 0.6) is 0 Å². The van der Waals surface area contributed by atoms with Gasteiger partial charge in [0.2, 0.25) is 0 Å². The summed E-state index contributed by atoms with van der Waals surface area (Å²) in [6, 6.07) is 6.55. The monoisotopic (exact) mass is 283 g/mol. The van der Waals surface area contributed by atoms with Crippen LogP contribution in [0.1, 0.15) is 12.0 Å². The molecule has 0 bridgehead atoms. The fourth-order valence-corrected chi connectivity index (χ4v) is 5.23. The molecule has 2 aliphatic rings. The van der Waals surface area contributed by atoms with Crippen molar-refractivity contribution in [1.82, 2.24) is 5.32 Å². The zero-order valence-corrected chi connectivity index (χ0v) is 11.5. The number of halogens is 1. The van der Waals surface area contributed by atoms with Gasteiger partial charge >= 0.3 is 0 Å². The minimum absolute atomic E-state index is 0.0431. The Bertz CT molecular complexity index is 564. The van der Waals surface area contributed by atoms with Gasteiger partial charge in [-0.15, -0.1) is 0 Å². The molecule has 19 heavy (non-hydrogen) atoms. The zero-order valence-electron chi connectivity index (χ0n) is 10.7. The van der Waals surface area contributed by atoms with Gasteiger partial charge < -0.3 is 5.32 Å². The van der Waals surface area contributed by atoms with Crippen molar-refractivity contribution in [3.05, 3.63) is 35.6 Å². The van der Waals surface area contributed by atoms with Crippen LogP contribution < -0.4 is 5.32 Å². The van der Waals surface area contributed by atoms with Crippen molar-refractivity contribution in [3.8, 4) is 0 Å². The molecule has 3 rings (SSSR count). The summed E-state index contributed by atoms with van der Waals surface area (Å²) < 4.78 is 36.2. The van der Waals surface area contributed by atoms with Crippen molar-refractivity contribution in [2.45, 2.75) is 12.8 Å². The van der Waals surface area contributed by atoms with E-state index in [1.54, 1.807) is 12.1 Å². The summed E-state index contributed by atoms with van der Waals surface area (Å²) in [6.07, 6.45) is 1.60. The van der Waals surface area contributed by atoms with E-state index in [9.17, 15) is 12.8 Å². The highest BCUT2D eigenvalue weighted by molar-refractivity contribution is 7.91. The highest BCUT2D eigenvalue weighted by atomic mass is 32.2. The molecule has 0 aromatic heterocycles. The molecule has 2 fully saturated rings. The lowest BCUT2D eigenvalue weighted by atomic mass is 9.67. The molecule has 1 atom stereocenters. The van der Waals surface area contributed by atoms with Crippen LogP contribution in [0.4, 0.5) is 4.39 Å². The van der Waals surface area contributed by atoms with Crippen molar-refractivity contribution in [3.63, 3.8) is 0 Å². The summed E-state index contributed by atoms with van der Waals surface area (Å²) in [4.78, 5) is 0. The second kappa shape index (κ2) is 4.56. The van der Waals surface area contributed by atoms with Crippen LogP contribution in [0, 0.1) is 17.2 Å². The normalized spacial score (nSPS) is 27.9. The summed E-state index contributed by atoms with van der Waals surface area (Å²) in [6.45, 7) is 1.73. The maximum Gasteiger partial charge on any atom is 0.150 e. The summed E-state index contributed by atoms with van der Waals surface area (Å²) >= 11 is 0. The Balaban J connectivity index is 1.78. The van der Waals surface area contributed by atoms with Crippen LogP contribution in [-0.4, -0.2) is 33.0 Å². The van der Waals surface area contributed by atoms with Crippen molar-refractivity contribution < 1.29 is 12.8 Å². The van der Waals surface area contributed by atoms with Gasteiger partial charge in [0.05, 0.1) is 11.5 Å². The van der Waals surface area contributed by atoms with Crippen LogP contribution in [0.15, 0.2) is 24.3 Å². The predicted molar refractivity (Wildman–Crippen MR) is 72.2 cm³/mol. The number of nitrogens with one attached hydrogen (secondary N) is 1. The zero-order chi connectivity index (χ0) is 13.5. The second-order valence-electron chi connectivity index (χ2n) is 5.87. The van der Waals surface area contributed by atoms with Crippen LogP contribution in [0.25, 0.3) is 0 Å². The van der Waals surface area contributed by atoms with Gasteiger partial charge in [-0.05, 0) is 36.5 Å². The number of sulfone groups is 1. The SMILES string of the molecule is O=S1(=O)CCC(C2(Cc3ccc(F)cc3)CNC2)C1. The van der Waals surface area contributed by atoms with Crippen LogP contribution in [0.3, 0.4) is 0 Å². The smallest absolute Gasteiger partial charge is 0.150 e. The van der Waals surface area contributed by atoms with Crippen molar-refractivity contribution in [2.75, 3.05) is 24.6 Å². The maximum absolute atomic E-state index is 12.9. The number of hydrogen-bond acceptors (Lipinski definition) is 3. The van der Waals surface area contributed by atoms with Gasteiger partial charge in [-0.1, -0.05) is 12.1 Å². The van der Waals surface area contributed by atoms with E-state index >= 15 is 0 Å². The standard InChI is InChI=1S/C14H18FNO2S/c15-13-3-1-11(2-4-13)7-14(9-16-10-14)12-5-6-19(17,18)8-12/h1-4,12,16H,5-10H2. The third kappa shape index (κ3) is 2.54. The minimum Gasteiger partial charge on any atom is -0.315 e. The summed E-state index contributed by atoms with van der Waals surface area (Å²) in [5, 5.41) is 3.27. The van der Waals surface area contributed by atoms with Gasteiger partial charge in [-0.2, -0.15) is 0 Å². The van der Waals surface area contributed by atoms with E-state index in [-0.39, 0.29) is 17.2 Å². The Labute approximate surface area is 113 Å². The Hall–Kier alpha value is -0.940. The molecule has 0 aliphatic carbocycles. The largest absolute Gasteiger partial charge is 0.315 e. The summed E-state index contributed by atoms with van der Waals surface area (Å²) in [5.74, 6) is 0.649. The molecule has 0 spiro atoms. The molecule has 1 N–H and O–H groups in total. The van der Waals surface area contributed by atoms with E-state index < -0.39 is 9.84 Å². The third-order valence-corrected chi connectivity index (χ3v) is 6.29. The first-order valence-electron chi connectivity index (χ1n) is 6.65. The second-order valence-corrected chi connectivity index (χ2v) is 8.10. The first-order chi connectivity index (χ1) is 8.99. The Kier molecular flexibility index (Phi) is 3.14. The lowest BCUT2D eigenvalue weighted by molar-refractivity contribution is 0.0924. The van der Waals surface area contributed by atoms with Crippen LogP contribution in [-0.2, 0) is 16.3 Å². The van der Waals surface area contributed by atoms with Gasteiger partial charge in [0.1, 0.15) is 5.82 Å². The van der Waals surface area contributed by atoms with E-state index in [2.05, 4.69) is 5.32 Å². The van der Waals surface area contributed by atoms with Gasteiger partial charge in [0.15, 0.2) is 9.84 Å². The lowest BCUT2D eigenvalue weighted by Crippen LogP contribution is -2.59. The van der Waals surface area contributed by atoms with Gasteiger partial charge in [0, 0.05) is 18.5 Å². The molecular formula is C14H18FNO2S. The Morgan fingerprint density at radius 2 is 1.95 bits per heavy atom. The molecule has 1 unspecified atom stereocenters. The fourth-order valence-electron chi connectivity index (χ4n) is 3.29. The highest BCUT2D eigenvalue weighted by Crippen LogP contribution is 2.41.